The molecule has 0 fully saturated rings. The van der Waals surface area contributed by atoms with Gasteiger partial charge in [-0.05, 0) is 31.2 Å². The van der Waals surface area contributed by atoms with E-state index in [1.807, 2.05) is 0 Å². The summed E-state index contributed by atoms with van der Waals surface area (Å²) >= 11 is 0. The first-order chi connectivity index (χ1) is 11.4. The molecule has 3 amide bonds. The monoisotopic (exact) mass is 330 g/mol. The summed E-state index contributed by atoms with van der Waals surface area (Å²) in [5.41, 5.74) is 0.493. The fourth-order valence-corrected chi connectivity index (χ4v) is 2.50. The molecular formula is C17H12F2N2O3. The molecule has 2 aromatic rings. The van der Waals surface area contributed by atoms with Crippen molar-refractivity contribution < 1.29 is 23.2 Å². The summed E-state index contributed by atoms with van der Waals surface area (Å²) in [7, 11) is 0. The highest BCUT2D eigenvalue weighted by atomic mass is 19.2. The number of carbonyl (C=O) groups excluding carboxylic acids is 3. The largest absolute Gasteiger partial charge is 0.324 e. The van der Waals surface area contributed by atoms with Gasteiger partial charge in [0, 0.05) is 11.8 Å². The van der Waals surface area contributed by atoms with E-state index in [1.165, 1.54) is 25.1 Å². The molecule has 0 saturated heterocycles. The van der Waals surface area contributed by atoms with Crippen LogP contribution in [0.15, 0.2) is 42.5 Å². The van der Waals surface area contributed by atoms with E-state index in [2.05, 4.69) is 5.32 Å². The second-order valence-corrected chi connectivity index (χ2v) is 5.32. The molecule has 7 heteroatoms. The van der Waals surface area contributed by atoms with Crippen molar-refractivity contribution in [1.29, 1.82) is 0 Å². The normalized spacial score (nSPS) is 14.5. The molecule has 3 rings (SSSR count). The number of anilines is 1. The smallest absolute Gasteiger partial charge is 0.262 e. The van der Waals surface area contributed by atoms with Gasteiger partial charge in [-0.25, -0.2) is 8.78 Å². The molecule has 1 aliphatic rings. The average Bonchev–Trinajstić information content (AvgIpc) is 2.82. The Hall–Kier alpha value is -3.09. The van der Waals surface area contributed by atoms with E-state index in [-0.39, 0.29) is 16.8 Å². The third-order valence-electron chi connectivity index (χ3n) is 3.78. The highest BCUT2D eigenvalue weighted by Crippen LogP contribution is 2.25. The Labute approximate surface area is 135 Å². The van der Waals surface area contributed by atoms with E-state index in [0.717, 1.165) is 17.0 Å². The van der Waals surface area contributed by atoms with Gasteiger partial charge in [0.25, 0.3) is 11.8 Å². The summed E-state index contributed by atoms with van der Waals surface area (Å²) in [5, 5.41) is 2.36. The fraction of sp³-hybridized carbons (Fsp3) is 0.118. The van der Waals surface area contributed by atoms with Gasteiger partial charge in [0.2, 0.25) is 5.91 Å². The van der Waals surface area contributed by atoms with Crippen LogP contribution >= 0.6 is 0 Å². The minimum absolute atomic E-state index is 0.0300. The maximum absolute atomic E-state index is 13.2. The van der Waals surface area contributed by atoms with Crippen molar-refractivity contribution >= 4 is 23.4 Å². The van der Waals surface area contributed by atoms with Gasteiger partial charge in [0.15, 0.2) is 11.6 Å². The Kier molecular flexibility index (Phi) is 3.84. The van der Waals surface area contributed by atoms with E-state index < -0.39 is 35.4 Å². The van der Waals surface area contributed by atoms with Crippen LogP contribution in [-0.2, 0) is 4.79 Å². The fourth-order valence-electron chi connectivity index (χ4n) is 2.50. The van der Waals surface area contributed by atoms with Crippen LogP contribution in [0.4, 0.5) is 14.5 Å². The van der Waals surface area contributed by atoms with E-state index in [0.29, 0.717) is 0 Å². The highest BCUT2D eigenvalue weighted by molar-refractivity contribution is 6.23. The van der Waals surface area contributed by atoms with Gasteiger partial charge in [-0.15, -0.1) is 0 Å². The minimum Gasteiger partial charge on any atom is -0.324 e. The third kappa shape index (κ3) is 2.54. The Morgan fingerprint density at radius 2 is 1.58 bits per heavy atom. The number of nitrogens with zero attached hydrogens (tertiary/aromatic N) is 1. The quantitative estimate of drug-likeness (QED) is 0.880. The van der Waals surface area contributed by atoms with Gasteiger partial charge >= 0.3 is 0 Å². The molecule has 122 valence electrons. The van der Waals surface area contributed by atoms with Crippen LogP contribution in [0, 0.1) is 11.6 Å². The van der Waals surface area contributed by atoms with Gasteiger partial charge in [0.05, 0.1) is 11.1 Å². The molecule has 0 spiro atoms. The number of amides is 3. The Morgan fingerprint density at radius 1 is 1.00 bits per heavy atom. The second kappa shape index (κ2) is 5.84. The van der Waals surface area contributed by atoms with Crippen LogP contribution in [0.1, 0.15) is 27.6 Å². The third-order valence-corrected chi connectivity index (χ3v) is 3.78. The Bertz CT molecular complexity index is 832. The number of hydrogen-bond donors (Lipinski definition) is 1. The molecule has 5 nitrogen and oxygen atoms in total. The van der Waals surface area contributed by atoms with Crippen molar-refractivity contribution in [2.24, 2.45) is 0 Å². The number of fused-ring (bicyclic) bond motifs is 1. The summed E-state index contributed by atoms with van der Waals surface area (Å²) in [4.78, 5) is 37.8. The predicted molar refractivity (Wildman–Crippen MR) is 81.4 cm³/mol. The topological polar surface area (TPSA) is 66.5 Å². The summed E-state index contributed by atoms with van der Waals surface area (Å²) in [6.07, 6.45) is 0. The molecule has 0 radical (unpaired) electrons. The first-order valence-corrected chi connectivity index (χ1v) is 7.13. The number of imide groups is 1. The molecule has 0 bridgehead atoms. The molecule has 0 aliphatic carbocycles. The molecular weight excluding hydrogens is 318 g/mol. The zero-order chi connectivity index (χ0) is 17.4. The van der Waals surface area contributed by atoms with Crippen molar-refractivity contribution in [3.8, 4) is 0 Å². The van der Waals surface area contributed by atoms with Gasteiger partial charge in [-0.1, -0.05) is 12.1 Å². The number of carbonyl (C=O) groups is 3. The van der Waals surface area contributed by atoms with Crippen molar-refractivity contribution in [2.75, 3.05) is 5.32 Å². The number of benzene rings is 2. The number of halogens is 2. The van der Waals surface area contributed by atoms with Crippen molar-refractivity contribution in [2.45, 2.75) is 13.0 Å². The number of hydrogen-bond acceptors (Lipinski definition) is 3. The highest BCUT2D eigenvalue weighted by Gasteiger charge is 2.40. The molecule has 0 saturated carbocycles. The zero-order valence-corrected chi connectivity index (χ0v) is 12.5. The van der Waals surface area contributed by atoms with Crippen molar-refractivity contribution in [3.05, 3.63) is 65.2 Å². The molecule has 0 unspecified atom stereocenters. The second-order valence-electron chi connectivity index (χ2n) is 5.32. The van der Waals surface area contributed by atoms with Gasteiger partial charge in [-0.3, -0.25) is 19.3 Å². The Morgan fingerprint density at radius 3 is 2.12 bits per heavy atom. The maximum atomic E-state index is 13.2. The van der Waals surface area contributed by atoms with E-state index >= 15 is 0 Å². The molecule has 2 aromatic carbocycles. The number of nitrogens with one attached hydrogen (secondary N) is 1. The summed E-state index contributed by atoms with van der Waals surface area (Å²) in [6.45, 7) is 1.39. The summed E-state index contributed by atoms with van der Waals surface area (Å²) in [6, 6.07) is 8.04. The lowest BCUT2D eigenvalue weighted by Crippen LogP contribution is -2.45. The maximum Gasteiger partial charge on any atom is 0.262 e. The van der Waals surface area contributed by atoms with Crippen molar-refractivity contribution in [3.63, 3.8) is 0 Å². The van der Waals surface area contributed by atoms with Crippen LogP contribution in [-0.4, -0.2) is 28.7 Å². The summed E-state index contributed by atoms with van der Waals surface area (Å²) in [5.74, 6) is -3.97. The molecule has 1 aliphatic heterocycles. The van der Waals surface area contributed by atoms with Crippen LogP contribution in [0.5, 0.6) is 0 Å². The number of rotatable bonds is 3. The molecule has 0 aromatic heterocycles. The van der Waals surface area contributed by atoms with Crippen LogP contribution in [0.3, 0.4) is 0 Å². The molecule has 1 N–H and O–H groups in total. The van der Waals surface area contributed by atoms with E-state index in [4.69, 9.17) is 0 Å². The van der Waals surface area contributed by atoms with Crippen LogP contribution in [0.2, 0.25) is 0 Å². The van der Waals surface area contributed by atoms with E-state index in [1.54, 1.807) is 12.1 Å². The minimum atomic E-state index is -1.11. The lowest BCUT2D eigenvalue weighted by molar-refractivity contribution is -0.119. The Balaban J connectivity index is 1.80. The molecule has 1 atom stereocenters. The van der Waals surface area contributed by atoms with Gasteiger partial charge in [0.1, 0.15) is 6.04 Å². The SMILES string of the molecule is C[C@H](C(=O)Nc1ccc(F)c(F)c1)N1C(=O)c2ccccc2C1=O. The lowest BCUT2D eigenvalue weighted by atomic mass is 10.1. The standard InChI is InChI=1S/C17H12F2N2O3/c1-9(15(22)20-10-6-7-13(18)14(19)8-10)21-16(23)11-4-2-3-5-12(11)17(21)24/h2-9H,1H3,(H,20,22)/t9-/m1/s1. The van der Waals surface area contributed by atoms with Crippen molar-refractivity contribution in [1.82, 2.24) is 4.90 Å². The molecule has 24 heavy (non-hydrogen) atoms. The van der Waals surface area contributed by atoms with Crippen LogP contribution < -0.4 is 5.32 Å². The predicted octanol–water partition coefficient (Wildman–Crippen LogP) is 2.59. The average molecular weight is 330 g/mol. The van der Waals surface area contributed by atoms with Gasteiger partial charge < -0.3 is 5.32 Å². The zero-order valence-electron chi connectivity index (χ0n) is 12.5. The first kappa shape index (κ1) is 15.8. The van der Waals surface area contributed by atoms with Gasteiger partial charge in [-0.2, -0.15) is 0 Å². The molecule has 1 heterocycles. The lowest BCUT2D eigenvalue weighted by Gasteiger charge is -2.21. The summed E-state index contributed by atoms with van der Waals surface area (Å²) < 4.78 is 26.1. The van der Waals surface area contributed by atoms with E-state index in [9.17, 15) is 23.2 Å². The van der Waals surface area contributed by atoms with Crippen LogP contribution in [0.25, 0.3) is 0 Å². The first-order valence-electron chi connectivity index (χ1n) is 7.13.